The van der Waals surface area contributed by atoms with Crippen molar-refractivity contribution in [3.05, 3.63) is 28.5 Å². The van der Waals surface area contributed by atoms with Gasteiger partial charge in [-0.05, 0) is 47.0 Å². The SMILES string of the molecule is O=S(=O)(c1ccc(F)c(Br)c1)N1CCCC(O)C1. The normalized spacial score (nSPS) is 22.1. The van der Waals surface area contributed by atoms with E-state index in [1.165, 1.54) is 16.4 Å². The summed E-state index contributed by atoms with van der Waals surface area (Å²) in [5, 5.41) is 9.51. The van der Waals surface area contributed by atoms with E-state index in [1.807, 2.05) is 0 Å². The van der Waals surface area contributed by atoms with Gasteiger partial charge in [-0.15, -0.1) is 0 Å². The maximum Gasteiger partial charge on any atom is 0.243 e. The third kappa shape index (κ3) is 2.74. The Hall–Kier alpha value is -0.500. The molecule has 0 spiro atoms. The van der Waals surface area contributed by atoms with E-state index in [4.69, 9.17) is 0 Å². The lowest BCUT2D eigenvalue weighted by Crippen LogP contribution is -2.42. The monoisotopic (exact) mass is 337 g/mol. The van der Waals surface area contributed by atoms with E-state index in [9.17, 15) is 17.9 Å². The molecule has 1 unspecified atom stereocenters. The smallest absolute Gasteiger partial charge is 0.243 e. The van der Waals surface area contributed by atoms with Crippen molar-refractivity contribution < 1.29 is 17.9 Å². The van der Waals surface area contributed by atoms with Crippen LogP contribution in [0.2, 0.25) is 0 Å². The lowest BCUT2D eigenvalue weighted by atomic mass is 10.1. The van der Waals surface area contributed by atoms with E-state index in [1.54, 1.807) is 0 Å². The highest BCUT2D eigenvalue weighted by Crippen LogP contribution is 2.24. The van der Waals surface area contributed by atoms with Crippen molar-refractivity contribution in [3.8, 4) is 0 Å². The highest BCUT2D eigenvalue weighted by molar-refractivity contribution is 9.10. The minimum Gasteiger partial charge on any atom is -0.392 e. The van der Waals surface area contributed by atoms with Crippen molar-refractivity contribution in [3.63, 3.8) is 0 Å². The van der Waals surface area contributed by atoms with E-state index < -0.39 is 21.9 Å². The van der Waals surface area contributed by atoms with Crippen molar-refractivity contribution in [2.75, 3.05) is 13.1 Å². The van der Waals surface area contributed by atoms with Gasteiger partial charge in [0, 0.05) is 13.1 Å². The molecule has 7 heteroatoms. The zero-order valence-corrected chi connectivity index (χ0v) is 11.9. The topological polar surface area (TPSA) is 57.6 Å². The van der Waals surface area contributed by atoms with Gasteiger partial charge >= 0.3 is 0 Å². The first-order chi connectivity index (χ1) is 8.41. The number of hydrogen-bond acceptors (Lipinski definition) is 3. The van der Waals surface area contributed by atoms with Gasteiger partial charge in [0.25, 0.3) is 0 Å². The predicted molar refractivity (Wildman–Crippen MR) is 68.1 cm³/mol. The zero-order valence-electron chi connectivity index (χ0n) is 9.51. The summed E-state index contributed by atoms with van der Waals surface area (Å²) in [7, 11) is -3.66. The summed E-state index contributed by atoms with van der Waals surface area (Å²) in [6, 6.07) is 3.58. The number of β-amino-alcohol motifs (C(OH)–C–C–N with tert-alkyl or cyclic N) is 1. The van der Waals surface area contributed by atoms with E-state index in [-0.39, 0.29) is 15.9 Å². The largest absolute Gasteiger partial charge is 0.392 e. The quantitative estimate of drug-likeness (QED) is 0.894. The molecule has 1 aromatic rings. The Morgan fingerprint density at radius 1 is 1.44 bits per heavy atom. The summed E-state index contributed by atoms with van der Waals surface area (Å²) in [5.41, 5.74) is 0. The predicted octanol–water partition coefficient (Wildman–Crippen LogP) is 1.73. The van der Waals surface area contributed by atoms with Crippen LogP contribution in [-0.2, 0) is 10.0 Å². The highest BCUT2D eigenvalue weighted by atomic mass is 79.9. The minimum atomic E-state index is -3.66. The van der Waals surface area contributed by atoms with Crippen molar-refractivity contribution in [1.82, 2.24) is 4.31 Å². The fourth-order valence-electron chi connectivity index (χ4n) is 1.93. The average molecular weight is 338 g/mol. The third-order valence-corrected chi connectivity index (χ3v) is 5.36. The van der Waals surface area contributed by atoms with Crippen LogP contribution in [0.25, 0.3) is 0 Å². The van der Waals surface area contributed by atoms with Crippen LogP contribution >= 0.6 is 15.9 Å². The zero-order chi connectivity index (χ0) is 13.3. The van der Waals surface area contributed by atoms with Gasteiger partial charge < -0.3 is 5.11 Å². The van der Waals surface area contributed by atoms with Gasteiger partial charge in [0.15, 0.2) is 0 Å². The number of rotatable bonds is 2. The Morgan fingerprint density at radius 3 is 2.78 bits per heavy atom. The minimum absolute atomic E-state index is 0.0323. The molecule has 1 aliphatic heterocycles. The molecule has 0 aliphatic carbocycles. The van der Waals surface area contributed by atoms with Crippen LogP contribution in [0.1, 0.15) is 12.8 Å². The van der Waals surface area contributed by atoms with Crippen molar-refractivity contribution in [1.29, 1.82) is 0 Å². The molecule has 0 saturated carbocycles. The Bertz CT molecular complexity index is 549. The molecule has 0 aromatic heterocycles. The molecule has 4 nitrogen and oxygen atoms in total. The number of hydrogen-bond donors (Lipinski definition) is 1. The standard InChI is InChI=1S/C11H13BrFNO3S/c12-10-6-9(3-4-11(10)13)18(16,17)14-5-1-2-8(15)7-14/h3-4,6,8,15H,1-2,5,7H2. The van der Waals surface area contributed by atoms with Gasteiger partial charge in [0.2, 0.25) is 10.0 Å². The maximum absolute atomic E-state index is 13.1. The Morgan fingerprint density at radius 2 is 2.17 bits per heavy atom. The van der Waals surface area contributed by atoms with Crippen molar-refractivity contribution >= 4 is 26.0 Å². The van der Waals surface area contributed by atoms with E-state index in [0.29, 0.717) is 19.4 Å². The van der Waals surface area contributed by atoms with Gasteiger partial charge in [0.1, 0.15) is 5.82 Å². The Labute approximate surface area is 114 Å². The van der Waals surface area contributed by atoms with Crippen LogP contribution in [0.4, 0.5) is 4.39 Å². The first-order valence-electron chi connectivity index (χ1n) is 5.54. The number of sulfonamides is 1. The molecule has 1 aromatic carbocycles. The molecule has 100 valence electrons. The molecule has 1 N–H and O–H groups in total. The number of aliphatic hydroxyl groups is 1. The second kappa shape index (κ2) is 5.24. The molecule has 0 radical (unpaired) electrons. The first kappa shape index (κ1) is 13.9. The maximum atomic E-state index is 13.1. The molecular weight excluding hydrogens is 325 g/mol. The highest BCUT2D eigenvalue weighted by Gasteiger charge is 2.29. The molecule has 1 heterocycles. The van der Waals surface area contributed by atoms with Crippen LogP contribution in [0.3, 0.4) is 0 Å². The van der Waals surface area contributed by atoms with Crippen LogP contribution in [0.5, 0.6) is 0 Å². The average Bonchev–Trinajstić information content (AvgIpc) is 2.32. The fraction of sp³-hybridized carbons (Fsp3) is 0.455. The summed E-state index contributed by atoms with van der Waals surface area (Å²) in [6.45, 7) is 0.478. The number of halogens is 2. The molecule has 0 bridgehead atoms. The summed E-state index contributed by atoms with van der Waals surface area (Å²) >= 11 is 2.97. The number of nitrogens with zero attached hydrogens (tertiary/aromatic N) is 1. The molecule has 2 rings (SSSR count). The Balaban J connectivity index is 2.32. The molecular formula is C11H13BrFNO3S. The van der Waals surface area contributed by atoms with Crippen LogP contribution in [0, 0.1) is 5.82 Å². The van der Waals surface area contributed by atoms with Gasteiger partial charge in [-0.25, -0.2) is 12.8 Å². The Kier molecular flexibility index (Phi) is 4.05. The van der Waals surface area contributed by atoms with Gasteiger partial charge in [-0.1, -0.05) is 0 Å². The number of aliphatic hydroxyl groups excluding tert-OH is 1. The molecule has 18 heavy (non-hydrogen) atoms. The van der Waals surface area contributed by atoms with Gasteiger partial charge in [-0.3, -0.25) is 0 Å². The number of piperidine rings is 1. The molecule has 1 fully saturated rings. The lowest BCUT2D eigenvalue weighted by molar-refractivity contribution is 0.108. The van der Waals surface area contributed by atoms with Crippen LogP contribution < -0.4 is 0 Å². The van der Waals surface area contributed by atoms with Crippen molar-refractivity contribution in [2.24, 2.45) is 0 Å². The van der Waals surface area contributed by atoms with E-state index >= 15 is 0 Å². The van der Waals surface area contributed by atoms with Gasteiger partial charge in [0.05, 0.1) is 15.5 Å². The third-order valence-electron chi connectivity index (χ3n) is 2.89. The summed E-state index contributed by atoms with van der Waals surface area (Å²) < 4.78 is 39.0. The second-order valence-corrected chi connectivity index (χ2v) is 7.03. The van der Waals surface area contributed by atoms with E-state index in [2.05, 4.69) is 15.9 Å². The summed E-state index contributed by atoms with van der Waals surface area (Å²) in [5.74, 6) is -0.507. The summed E-state index contributed by atoms with van der Waals surface area (Å²) in [6.07, 6.45) is 0.611. The van der Waals surface area contributed by atoms with Gasteiger partial charge in [-0.2, -0.15) is 4.31 Å². The van der Waals surface area contributed by atoms with Crippen molar-refractivity contribution in [2.45, 2.75) is 23.8 Å². The summed E-state index contributed by atoms with van der Waals surface area (Å²) in [4.78, 5) is 0.0323. The number of benzene rings is 1. The molecule has 0 amide bonds. The van der Waals surface area contributed by atoms with Crippen LogP contribution in [-0.4, -0.2) is 37.0 Å². The molecule has 1 aliphatic rings. The first-order valence-corrected chi connectivity index (χ1v) is 7.78. The van der Waals surface area contributed by atoms with E-state index in [0.717, 1.165) is 6.07 Å². The fourth-order valence-corrected chi connectivity index (χ4v) is 4.00. The molecule has 1 atom stereocenters. The lowest BCUT2D eigenvalue weighted by Gasteiger charge is -2.29. The van der Waals surface area contributed by atoms with Crippen LogP contribution in [0.15, 0.2) is 27.6 Å². The molecule has 1 saturated heterocycles. The second-order valence-electron chi connectivity index (χ2n) is 4.24.